The van der Waals surface area contributed by atoms with E-state index in [1.165, 1.54) is 5.56 Å². The molecule has 3 rings (SSSR count). The summed E-state index contributed by atoms with van der Waals surface area (Å²) in [5.74, 6) is 3.23. The van der Waals surface area contributed by atoms with E-state index in [9.17, 15) is 0 Å². The van der Waals surface area contributed by atoms with Crippen molar-refractivity contribution in [3.8, 4) is 11.5 Å². The first-order valence-corrected chi connectivity index (χ1v) is 12.6. The first-order valence-electron chi connectivity index (χ1n) is 10.7. The first kappa shape index (κ1) is 22.8. The van der Waals surface area contributed by atoms with Crippen LogP contribution < -0.4 is 10.4 Å². The van der Waals surface area contributed by atoms with Gasteiger partial charge in [0.1, 0.15) is 6.61 Å². The van der Waals surface area contributed by atoms with Crippen LogP contribution >= 0.6 is 0 Å². The van der Waals surface area contributed by atoms with Crippen LogP contribution in [0.3, 0.4) is 0 Å². The van der Waals surface area contributed by atoms with Crippen molar-refractivity contribution in [2.75, 3.05) is 13.7 Å². The molecule has 158 valence electrons. The number of methoxy groups -OCH3 is 1. The molecule has 1 atom stereocenters. The molecule has 2 nitrogen and oxygen atoms in total. The van der Waals surface area contributed by atoms with Crippen LogP contribution in [0.25, 0.3) is 0 Å². The highest BCUT2D eigenvalue weighted by Gasteiger charge is 2.40. The maximum absolute atomic E-state index is 7.06. The quantitative estimate of drug-likeness (QED) is 0.269. The molecule has 0 saturated carbocycles. The van der Waals surface area contributed by atoms with Gasteiger partial charge in [-0.25, -0.2) is 0 Å². The second kappa shape index (κ2) is 12.1. The summed E-state index contributed by atoms with van der Waals surface area (Å²) in [6.07, 6.45) is 4.64. The molecule has 3 aromatic carbocycles. The predicted octanol–water partition coefficient (Wildman–Crippen LogP) is 4.53. The molecule has 3 aromatic rings. The number of hydrogen-bond donors (Lipinski definition) is 0. The van der Waals surface area contributed by atoms with Gasteiger partial charge in [0.25, 0.3) is 0 Å². The Kier molecular flexibility index (Phi) is 8.87. The van der Waals surface area contributed by atoms with Crippen molar-refractivity contribution in [1.29, 1.82) is 0 Å². The molecule has 0 bridgehead atoms. The smallest absolute Gasteiger partial charge is 0.337 e. The van der Waals surface area contributed by atoms with E-state index in [1.54, 1.807) is 7.11 Å². The highest BCUT2D eigenvalue weighted by atomic mass is 28.4. The number of benzene rings is 3. The summed E-state index contributed by atoms with van der Waals surface area (Å²) >= 11 is 0. The lowest BCUT2D eigenvalue weighted by Gasteiger charge is -2.32. The minimum atomic E-state index is -2.81. The van der Waals surface area contributed by atoms with Crippen molar-refractivity contribution < 1.29 is 9.16 Å². The van der Waals surface area contributed by atoms with Gasteiger partial charge in [0.05, 0.1) is 6.10 Å². The fourth-order valence-electron chi connectivity index (χ4n) is 3.69. The molecule has 0 fully saturated rings. The molecule has 0 aromatic heterocycles. The molecule has 0 spiro atoms. The van der Waals surface area contributed by atoms with E-state index >= 15 is 0 Å². The summed E-state index contributed by atoms with van der Waals surface area (Å²) in [4.78, 5) is 0. The number of rotatable bonds is 10. The van der Waals surface area contributed by atoms with Crippen molar-refractivity contribution in [1.82, 2.24) is 0 Å². The Hall–Kier alpha value is -2.90. The van der Waals surface area contributed by atoms with Crippen LogP contribution in [0, 0.1) is 11.5 Å². The second-order valence-corrected chi connectivity index (χ2v) is 10.4. The molecule has 0 N–H and O–H groups in total. The first-order chi connectivity index (χ1) is 15.3. The van der Waals surface area contributed by atoms with Crippen molar-refractivity contribution >= 4 is 18.7 Å². The van der Waals surface area contributed by atoms with Crippen LogP contribution in [-0.4, -0.2) is 28.1 Å². The van der Waals surface area contributed by atoms with E-state index in [0.717, 1.165) is 29.6 Å². The summed E-state index contributed by atoms with van der Waals surface area (Å²) in [7, 11) is -1.14. The molecule has 0 heterocycles. The van der Waals surface area contributed by atoms with Crippen molar-refractivity contribution in [3.63, 3.8) is 0 Å². The van der Waals surface area contributed by atoms with Crippen LogP contribution in [0.4, 0.5) is 0 Å². The van der Waals surface area contributed by atoms with Gasteiger partial charge < -0.3 is 9.16 Å². The normalized spacial score (nSPS) is 11.9. The van der Waals surface area contributed by atoms with E-state index < -0.39 is 8.32 Å². The van der Waals surface area contributed by atoms with Gasteiger partial charge in [0.2, 0.25) is 0 Å². The highest BCUT2D eigenvalue weighted by molar-refractivity contribution is 7.03. The Morgan fingerprint density at radius 2 is 1.42 bits per heavy atom. The van der Waals surface area contributed by atoms with Gasteiger partial charge in [-0.15, -0.1) is 6.58 Å². The van der Waals surface area contributed by atoms with Gasteiger partial charge in [-0.2, -0.15) is 0 Å². The fraction of sp³-hybridized carbons (Fsp3) is 0.214. The lowest BCUT2D eigenvalue weighted by atomic mass is 10.1. The van der Waals surface area contributed by atoms with E-state index in [0.29, 0.717) is 6.61 Å². The van der Waals surface area contributed by atoms with Crippen LogP contribution in [0.5, 0.6) is 0 Å². The maximum atomic E-state index is 7.06. The average molecular weight is 427 g/mol. The van der Waals surface area contributed by atoms with Crippen LogP contribution in [-0.2, 0) is 15.6 Å². The average Bonchev–Trinajstić information content (AvgIpc) is 2.84. The van der Waals surface area contributed by atoms with Gasteiger partial charge in [-0.3, -0.25) is 0 Å². The summed E-state index contributed by atoms with van der Waals surface area (Å²) in [6.45, 7) is 4.37. The Labute approximate surface area is 187 Å². The minimum absolute atomic E-state index is 0.0293. The van der Waals surface area contributed by atoms with Gasteiger partial charge in [0, 0.05) is 7.11 Å². The minimum Gasteiger partial charge on any atom is -0.395 e. The third kappa shape index (κ3) is 6.29. The fourth-order valence-corrected chi connectivity index (χ4v) is 7.00. The van der Waals surface area contributed by atoms with Crippen LogP contribution in [0.2, 0.25) is 0 Å². The largest absolute Gasteiger partial charge is 0.395 e. The summed E-state index contributed by atoms with van der Waals surface area (Å²) in [5.41, 5.74) is 4.88. The SMILES string of the molecule is C=CCC(CCc1ccccc1)O[Si](C#CCOC)(c1ccccc1)c1ccccc1. The zero-order valence-electron chi connectivity index (χ0n) is 18.2. The lowest BCUT2D eigenvalue weighted by Crippen LogP contribution is -2.61. The van der Waals surface area contributed by atoms with E-state index in [1.807, 2.05) is 18.2 Å². The molecule has 0 saturated heterocycles. The van der Waals surface area contributed by atoms with Gasteiger partial charge in [-0.05, 0) is 35.2 Å². The Balaban J connectivity index is 2.00. The Morgan fingerprint density at radius 1 is 0.871 bits per heavy atom. The highest BCUT2D eigenvalue weighted by Crippen LogP contribution is 2.17. The molecule has 0 aliphatic rings. The Morgan fingerprint density at radius 3 is 1.94 bits per heavy atom. The van der Waals surface area contributed by atoms with Crippen molar-refractivity contribution in [3.05, 3.63) is 109 Å². The van der Waals surface area contributed by atoms with E-state index in [-0.39, 0.29) is 6.10 Å². The zero-order chi connectivity index (χ0) is 21.8. The van der Waals surface area contributed by atoms with Crippen LogP contribution in [0.15, 0.2) is 104 Å². The molecule has 1 unspecified atom stereocenters. The zero-order valence-corrected chi connectivity index (χ0v) is 19.2. The van der Waals surface area contributed by atoms with Gasteiger partial charge >= 0.3 is 8.32 Å². The second-order valence-electron chi connectivity index (χ2n) is 7.44. The molecule has 31 heavy (non-hydrogen) atoms. The topological polar surface area (TPSA) is 18.5 Å². The van der Waals surface area contributed by atoms with E-state index in [2.05, 4.69) is 96.9 Å². The number of hydrogen-bond acceptors (Lipinski definition) is 2. The molecular weight excluding hydrogens is 396 g/mol. The summed E-state index contributed by atoms with van der Waals surface area (Å²) in [6, 6.07) is 31.4. The van der Waals surface area contributed by atoms with E-state index in [4.69, 9.17) is 9.16 Å². The summed E-state index contributed by atoms with van der Waals surface area (Å²) in [5, 5.41) is 2.30. The molecule has 0 amide bonds. The predicted molar refractivity (Wildman–Crippen MR) is 132 cm³/mol. The summed E-state index contributed by atoms with van der Waals surface area (Å²) < 4.78 is 12.3. The maximum Gasteiger partial charge on any atom is 0.337 e. The van der Waals surface area contributed by atoms with Gasteiger partial charge in [0.15, 0.2) is 0 Å². The van der Waals surface area contributed by atoms with Gasteiger partial charge in [-0.1, -0.05) is 109 Å². The number of ether oxygens (including phenoxy) is 1. The molecular formula is C28H30O2Si. The van der Waals surface area contributed by atoms with Crippen molar-refractivity contribution in [2.45, 2.75) is 25.4 Å². The van der Waals surface area contributed by atoms with Crippen LogP contribution in [0.1, 0.15) is 18.4 Å². The standard InChI is InChI=1S/C28H30O2Si/c1-3-14-26(22-21-25-15-7-4-8-16-25)30-31(24-13-23-29-2,27-17-9-5-10-18-27)28-19-11-6-12-20-28/h3-12,15-20,26H,1,14,21-23H2,2H3. The lowest BCUT2D eigenvalue weighted by molar-refractivity contribution is 0.196. The third-order valence-electron chi connectivity index (χ3n) is 5.21. The molecule has 0 radical (unpaired) electrons. The third-order valence-corrected chi connectivity index (χ3v) is 8.72. The molecule has 0 aliphatic heterocycles. The molecule has 0 aliphatic carbocycles. The molecule has 3 heteroatoms. The number of aryl methyl sites for hydroxylation is 1. The van der Waals surface area contributed by atoms with Crippen molar-refractivity contribution in [2.24, 2.45) is 0 Å². The Bertz CT molecular complexity index is 936. The monoisotopic (exact) mass is 426 g/mol.